The zero-order chi connectivity index (χ0) is 23.3. The smallest absolute Gasteiger partial charge is 0.295 e. The minimum absolute atomic E-state index is 0.0165. The van der Waals surface area contributed by atoms with E-state index in [1.807, 2.05) is 0 Å². The van der Waals surface area contributed by atoms with Crippen LogP contribution < -0.4 is 4.74 Å². The van der Waals surface area contributed by atoms with Gasteiger partial charge in [0.2, 0.25) is 0 Å². The van der Waals surface area contributed by atoms with Gasteiger partial charge in [0.25, 0.3) is 17.4 Å². The van der Waals surface area contributed by atoms with Gasteiger partial charge in [-0.15, -0.1) is 0 Å². The average Bonchev–Trinajstić information content (AvgIpc) is 3.06. The van der Waals surface area contributed by atoms with Crippen molar-refractivity contribution in [3.8, 4) is 5.75 Å². The summed E-state index contributed by atoms with van der Waals surface area (Å²) in [6, 6.07) is 10.8. The standard InChI is InChI=1S/C22H22N2O8/c1-31-17-7-5-14(6-8-17)20(26)18-19(15-3-2-4-16(13-15)24(29)30)23(22(28)21(18)27)9-11-32-12-10-25/h2-8,13,19,25-26H,9-12H2,1H3/b20-18+. The summed E-state index contributed by atoms with van der Waals surface area (Å²) in [6.45, 7) is -0.138. The first-order valence-electron chi connectivity index (χ1n) is 9.74. The maximum Gasteiger partial charge on any atom is 0.295 e. The summed E-state index contributed by atoms with van der Waals surface area (Å²) in [6.07, 6.45) is 0. The first-order valence-corrected chi connectivity index (χ1v) is 9.74. The highest BCUT2D eigenvalue weighted by molar-refractivity contribution is 6.46. The van der Waals surface area contributed by atoms with Gasteiger partial charge < -0.3 is 24.6 Å². The molecule has 1 fully saturated rings. The van der Waals surface area contributed by atoms with Crippen molar-refractivity contribution in [2.45, 2.75) is 6.04 Å². The second-order valence-corrected chi connectivity index (χ2v) is 6.91. The van der Waals surface area contributed by atoms with E-state index in [0.717, 1.165) is 0 Å². The summed E-state index contributed by atoms with van der Waals surface area (Å²) in [4.78, 5) is 37.6. The maximum absolute atomic E-state index is 12.9. The van der Waals surface area contributed by atoms with Crippen LogP contribution in [0.3, 0.4) is 0 Å². The van der Waals surface area contributed by atoms with Gasteiger partial charge in [-0.05, 0) is 29.8 Å². The molecule has 0 saturated carbocycles. The maximum atomic E-state index is 12.9. The normalized spacial score (nSPS) is 17.6. The number of nitro benzene ring substituents is 1. The molecule has 1 aliphatic heterocycles. The molecule has 1 saturated heterocycles. The number of carbonyl (C=O) groups is 2. The van der Waals surface area contributed by atoms with Crippen LogP contribution in [0, 0.1) is 10.1 Å². The molecule has 3 rings (SSSR count). The van der Waals surface area contributed by atoms with Crippen LogP contribution in [0.25, 0.3) is 5.76 Å². The van der Waals surface area contributed by atoms with Gasteiger partial charge in [0.15, 0.2) is 0 Å². The predicted octanol–water partition coefficient (Wildman–Crippen LogP) is 2.03. The highest BCUT2D eigenvalue weighted by Gasteiger charge is 2.46. The van der Waals surface area contributed by atoms with Crippen LogP contribution in [-0.2, 0) is 14.3 Å². The molecule has 2 aromatic rings. The van der Waals surface area contributed by atoms with Gasteiger partial charge in [-0.1, -0.05) is 12.1 Å². The van der Waals surface area contributed by atoms with Crippen LogP contribution in [-0.4, -0.2) is 65.2 Å². The van der Waals surface area contributed by atoms with Crippen molar-refractivity contribution in [2.24, 2.45) is 0 Å². The third-order valence-electron chi connectivity index (χ3n) is 5.01. The molecule has 10 heteroatoms. The largest absolute Gasteiger partial charge is 0.507 e. The second-order valence-electron chi connectivity index (χ2n) is 6.91. The number of amides is 1. The zero-order valence-corrected chi connectivity index (χ0v) is 17.3. The second kappa shape index (κ2) is 10.0. The fourth-order valence-electron chi connectivity index (χ4n) is 3.50. The molecule has 2 N–H and O–H groups in total. The number of ether oxygens (including phenoxy) is 2. The molecular weight excluding hydrogens is 420 g/mol. The van der Waals surface area contributed by atoms with E-state index in [9.17, 15) is 24.8 Å². The van der Waals surface area contributed by atoms with E-state index in [2.05, 4.69) is 0 Å². The summed E-state index contributed by atoms with van der Waals surface area (Å²) in [7, 11) is 1.49. The lowest BCUT2D eigenvalue weighted by atomic mass is 9.95. The SMILES string of the molecule is COc1ccc(/C(O)=C2\C(=O)C(=O)N(CCOCCO)C2c2cccc([N+](=O)[O-])c2)cc1. The van der Waals surface area contributed by atoms with Crippen molar-refractivity contribution < 1.29 is 34.2 Å². The number of ketones is 1. The van der Waals surface area contributed by atoms with E-state index < -0.39 is 28.4 Å². The fourth-order valence-corrected chi connectivity index (χ4v) is 3.50. The molecule has 168 valence electrons. The summed E-state index contributed by atoms with van der Waals surface area (Å²) in [5, 5.41) is 31.1. The third kappa shape index (κ3) is 4.61. The highest BCUT2D eigenvalue weighted by Crippen LogP contribution is 2.40. The Morgan fingerprint density at radius 2 is 1.88 bits per heavy atom. The topological polar surface area (TPSA) is 139 Å². The number of methoxy groups -OCH3 is 1. The number of nitro groups is 1. The van der Waals surface area contributed by atoms with E-state index in [4.69, 9.17) is 14.6 Å². The predicted molar refractivity (Wildman–Crippen MR) is 113 cm³/mol. The highest BCUT2D eigenvalue weighted by atomic mass is 16.6. The van der Waals surface area contributed by atoms with Crippen LogP contribution in [0.5, 0.6) is 5.75 Å². The molecule has 0 spiro atoms. The van der Waals surface area contributed by atoms with Gasteiger partial charge in [0, 0.05) is 24.2 Å². The number of nitrogens with zero attached hydrogens (tertiary/aromatic N) is 2. The van der Waals surface area contributed by atoms with Gasteiger partial charge in [-0.2, -0.15) is 0 Å². The van der Waals surface area contributed by atoms with E-state index in [1.165, 1.54) is 42.3 Å². The quantitative estimate of drug-likeness (QED) is 0.150. The van der Waals surface area contributed by atoms with Crippen molar-refractivity contribution in [1.82, 2.24) is 4.90 Å². The number of benzene rings is 2. The summed E-state index contributed by atoms with van der Waals surface area (Å²) in [5.74, 6) is -1.62. The average molecular weight is 442 g/mol. The molecular formula is C22H22N2O8. The number of likely N-dealkylation sites (tertiary alicyclic amines) is 1. The van der Waals surface area contributed by atoms with Crippen molar-refractivity contribution in [2.75, 3.05) is 33.5 Å². The molecule has 0 bridgehead atoms. The number of carbonyl (C=O) groups excluding carboxylic acids is 2. The summed E-state index contributed by atoms with van der Waals surface area (Å²) < 4.78 is 10.3. The summed E-state index contributed by atoms with van der Waals surface area (Å²) >= 11 is 0. The molecule has 2 aromatic carbocycles. The van der Waals surface area contributed by atoms with Crippen molar-refractivity contribution >= 4 is 23.1 Å². The molecule has 0 aromatic heterocycles. The Kier molecular flexibility index (Phi) is 7.18. The van der Waals surface area contributed by atoms with E-state index >= 15 is 0 Å². The minimum atomic E-state index is -1.05. The molecule has 0 aliphatic carbocycles. The Morgan fingerprint density at radius 1 is 1.16 bits per heavy atom. The third-order valence-corrected chi connectivity index (χ3v) is 5.01. The van der Waals surface area contributed by atoms with Crippen LogP contribution >= 0.6 is 0 Å². The van der Waals surface area contributed by atoms with E-state index in [1.54, 1.807) is 18.2 Å². The van der Waals surface area contributed by atoms with Crippen molar-refractivity contribution in [3.63, 3.8) is 0 Å². The number of Topliss-reactive ketones (excluding diaryl/α,β-unsaturated/α-hetero) is 1. The van der Waals surface area contributed by atoms with Crippen LogP contribution in [0.15, 0.2) is 54.1 Å². The van der Waals surface area contributed by atoms with Gasteiger partial charge in [0.05, 0.1) is 43.5 Å². The number of hydrogen-bond donors (Lipinski definition) is 2. The molecule has 1 amide bonds. The zero-order valence-electron chi connectivity index (χ0n) is 17.3. The Labute approximate surface area is 183 Å². The van der Waals surface area contributed by atoms with Crippen molar-refractivity contribution in [3.05, 3.63) is 75.3 Å². The molecule has 1 aliphatic rings. The lowest BCUT2D eigenvalue weighted by Gasteiger charge is -2.25. The summed E-state index contributed by atoms with van der Waals surface area (Å²) in [5.41, 5.74) is 0.197. The van der Waals surface area contributed by atoms with Crippen LogP contribution in [0.1, 0.15) is 17.2 Å². The molecule has 32 heavy (non-hydrogen) atoms. The Bertz CT molecular complexity index is 1050. The Balaban J connectivity index is 2.10. The molecule has 1 heterocycles. The van der Waals surface area contributed by atoms with Crippen LogP contribution in [0.4, 0.5) is 5.69 Å². The number of aliphatic hydroxyl groups is 2. The Morgan fingerprint density at radius 3 is 2.50 bits per heavy atom. The lowest BCUT2D eigenvalue weighted by Crippen LogP contribution is -2.33. The first-order chi connectivity index (χ1) is 15.4. The molecule has 10 nitrogen and oxygen atoms in total. The number of aliphatic hydroxyl groups excluding tert-OH is 2. The molecule has 0 radical (unpaired) electrons. The molecule has 1 atom stereocenters. The monoisotopic (exact) mass is 442 g/mol. The van der Waals surface area contributed by atoms with Crippen molar-refractivity contribution in [1.29, 1.82) is 0 Å². The van der Waals surface area contributed by atoms with Crippen LogP contribution in [0.2, 0.25) is 0 Å². The first kappa shape index (κ1) is 22.9. The van der Waals surface area contributed by atoms with Gasteiger partial charge in [0.1, 0.15) is 11.5 Å². The number of non-ortho nitro benzene ring substituents is 1. The van der Waals surface area contributed by atoms with E-state index in [0.29, 0.717) is 11.3 Å². The molecule has 1 unspecified atom stereocenters. The van der Waals surface area contributed by atoms with E-state index in [-0.39, 0.29) is 43.2 Å². The fraction of sp³-hybridized carbons (Fsp3) is 0.273. The van der Waals surface area contributed by atoms with Gasteiger partial charge >= 0.3 is 0 Å². The minimum Gasteiger partial charge on any atom is -0.507 e. The lowest BCUT2D eigenvalue weighted by molar-refractivity contribution is -0.384. The number of hydrogen-bond acceptors (Lipinski definition) is 8. The number of rotatable bonds is 9. The van der Waals surface area contributed by atoms with Gasteiger partial charge in [-0.3, -0.25) is 19.7 Å². The Hall–Kier alpha value is -3.76. The van der Waals surface area contributed by atoms with Gasteiger partial charge in [-0.25, -0.2) is 0 Å².